The number of hydrazine groups is 1. The zero-order valence-electron chi connectivity index (χ0n) is 9.35. The highest BCUT2D eigenvalue weighted by molar-refractivity contribution is 5.86. The molecule has 0 spiro atoms. The van der Waals surface area contributed by atoms with E-state index >= 15 is 0 Å². The topological polar surface area (TPSA) is 76.5 Å². The standard InChI is InChI=1S/C11H14N4O2/c12-8-2-1-3-9-10(8)13-11(17-9)14-15-4-6-16-7-5-15/h1-3H,4-7,12H2,(H,13,14). The first-order chi connectivity index (χ1) is 8.33. The van der Waals surface area contributed by atoms with Crippen LogP contribution in [0.3, 0.4) is 0 Å². The van der Waals surface area contributed by atoms with Gasteiger partial charge in [-0.05, 0) is 12.1 Å². The maximum Gasteiger partial charge on any atom is 0.310 e. The molecule has 6 heteroatoms. The van der Waals surface area contributed by atoms with Gasteiger partial charge in [0.1, 0.15) is 5.52 Å². The molecule has 1 aliphatic rings. The summed E-state index contributed by atoms with van der Waals surface area (Å²) in [7, 11) is 0. The van der Waals surface area contributed by atoms with E-state index in [0.29, 0.717) is 22.8 Å². The summed E-state index contributed by atoms with van der Waals surface area (Å²) < 4.78 is 10.8. The Morgan fingerprint density at radius 3 is 2.88 bits per heavy atom. The van der Waals surface area contributed by atoms with E-state index in [0.717, 1.165) is 26.3 Å². The second-order valence-corrected chi connectivity index (χ2v) is 3.92. The Labute approximate surface area is 98.3 Å². The van der Waals surface area contributed by atoms with Crippen molar-refractivity contribution < 1.29 is 9.15 Å². The van der Waals surface area contributed by atoms with Gasteiger partial charge in [0.15, 0.2) is 5.58 Å². The molecule has 0 saturated carbocycles. The summed E-state index contributed by atoms with van der Waals surface area (Å²) in [5, 5.41) is 2.02. The van der Waals surface area contributed by atoms with E-state index in [1.807, 2.05) is 23.2 Å². The predicted octanol–water partition coefficient (Wildman–Crippen LogP) is 1.07. The van der Waals surface area contributed by atoms with Gasteiger partial charge in [-0.25, -0.2) is 5.01 Å². The number of nitrogen functional groups attached to an aromatic ring is 1. The zero-order valence-corrected chi connectivity index (χ0v) is 9.35. The fourth-order valence-corrected chi connectivity index (χ4v) is 1.83. The van der Waals surface area contributed by atoms with Crippen molar-refractivity contribution in [2.75, 3.05) is 37.5 Å². The second kappa shape index (κ2) is 4.23. The Morgan fingerprint density at radius 2 is 2.12 bits per heavy atom. The number of nitrogens with zero attached hydrogens (tertiary/aromatic N) is 2. The maximum atomic E-state index is 5.82. The summed E-state index contributed by atoms with van der Waals surface area (Å²) in [6, 6.07) is 5.98. The molecule has 0 aliphatic carbocycles. The fraction of sp³-hybridized carbons (Fsp3) is 0.364. The molecule has 1 saturated heterocycles. The SMILES string of the molecule is Nc1cccc2oc(NN3CCOCC3)nc12. The van der Waals surface area contributed by atoms with Crippen LogP contribution in [0, 0.1) is 0 Å². The first-order valence-electron chi connectivity index (χ1n) is 5.57. The summed E-state index contributed by atoms with van der Waals surface area (Å²) in [5.74, 6) is 0. The number of hydrogen-bond donors (Lipinski definition) is 2. The van der Waals surface area contributed by atoms with Crippen LogP contribution in [0.4, 0.5) is 11.7 Å². The van der Waals surface area contributed by atoms with E-state index in [4.69, 9.17) is 14.9 Å². The van der Waals surface area contributed by atoms with E-state index < -0.39 is 0 Å². The fourth-order valence-electron chi connectivity index (χ4n) is 1.83. The average Bonchev–Trinajstić information content (AvgIpc) is 2.74. The molecule has 0 atom stereocenters. The van der Waals surface area contributed by atoms with Crippen molar-refractivity contribution >= 4 is 22.8 Å². The zero-order chi connectivity index (χ0) is 11.7. The number of aromatic nitrogens is 1. The molecule has 0 unspecified atom stereocenters. The highest BCUT2D eigenvalue weighted by Crippen LogP contribution is 2.23. The number of anilines is 2. The lowest BCUT2D eigenvalue weighted by atomic mass is 10.3. The van der Waals surface area contributed by atoms with Crippen molar-refractivity contribution in [3.63, 3.8) is 0 Å². The lowest BCUT2D eigenvalue weighted by Gasteiger charge is -2.25. The molecule has 1 aromatic heterocycles. The number of para-hydroxylation sites is 1. The van der Waals surface area contributed by atoms with Crippen LogP contribution < -0.4 is 11.2 Å². The van der Waals surface area contributed by atoms with Crippen LogP contribution in [0.1, 0.15) is 0 Å². The Bertz CT molecular complexity index is 519. The van der Waals surface area contributed by atoms with E-state index in [1.165, 1.54) is 0 Å². The summed E-state index contributed by atoms with van der Waals surface area (Å²) >= 11 is 0. The van der Waals surface area contributed by atoms with Crippen molar-refractivity contribution in [1.82, 2.24) is 9.99 Å². The average molecular weight is 234 g/mol. The minimum absolute atomic E-state index is 0.472. The third kappa shape index (κ3) is 2.04. The molecule has 0 amide bonds. The van der Waals surface area contributed by atoms with Crippen molar-refractivity contribution in [3.8, 4) is 0 Å². The molecule has 2 aromatic rings. The molecule has 17 heavy (non-hydrogen) atoms. The van der Waals surface area contributed by atoms with Crippen molar-refractivity contribution in [1.29, 1.82) is 0 Å². The van der Waals surface area contributed by atoms with Crippen molar-refractivity contribution in [3.05, 3.63) is 18.2 Å². The number of morpholine rings is 1. The summed E-state index contributed by atoms with van der Waals surface area (Å²) in [6.07, 6.45) is 0. The number of hydrogen-bond acceptors (Lipinski definition) is 6. The van der Waals surface area contributed by atoms with Crippen LogP contribution in [0.15, 0.2) is 22.6 Å². The lowest BCUT2D eigenvalue weighted by molar-refractivity contribution is 0.0484. The van der Waals surface area contributed by atoms with E-state index in [-0.39, 0.29) is 0 Å². The molecule has 90 valence electrons. The molecule has 2 heterocycles. The van der Waals surface area contributed by atoms with Crippen LogP contribution >= 0.6 is 0 Å². The molecular formula is C11H14N4O2. The van der Waals surface area contributed by atoms with Crippen LogP contribution in [-0.2, 0) is 4.74 Å². The molecule has 0 bridgehead atoms. The van der Waals surface area contributed by atoms with Gasteiger partial charge in [0.05, 0.1) is 18.9 Å². The molecule has 1 aromatic carbocycles. The quantitative estimate of drug-likeness (QED) is 0.757. The summed E-state index contributed by atoms with van der Waals surface area (Å²) in [6.45, 7) is 3.06. The first-order valence-corrected chi connectivity index (χ1v) is 5.57. The minimum atomic E-state index is 0.472. The molecular weight excluding hydrogens is 220 g/mol. The highest BCUT2D eigenvalue weighted by Gasteiger charge is 2.14. The van der Waals surface area contributed by atoms with Gasteiger partial charge in [0, 0.05) is 13.1 Å². The third-order valence-electron chi connectivity index (χ3n) is 2.72. The Morgan fingerprint density at radius 1 is 1.29 bits per heavy atom. The Hall–Kier alpha value is -1.79. The summed E-state index contributed by atoms with van der Waals surface area (Å²) in [5.41, 5.74) is 11.0. The monoisotopic (exact) mass is 234 g/mol. The van der Waals surface area contributed by atoms with Crippen molar-refractivity contribution in [2.45, 2.75) is 0 Å². The smallest absolute Gasteiger partial charge is 0.310 e. The molecule has 3 rings (SSSR count). The largest absolute Gasteiger partial charge is 0.423 e. The van der Waals surface area contributed by atoms with Gasteiger partial charge in [-0.2, -0.15) is 4.98 Å². The molecule has 3 N–H and O–H groups in total. The number of rotatable bonds is 2. The Kier molecular flexibility index (Phi) is 2.58. The maximum absolute atomic E-state index is 5.82. The van der Waals surface area contributed by atoms with E-state index in [9.17, 15) is 0 Å². The molecule has 1 aliphatic heterocycles. The van der Waals surface area contributed by atoms with Crippen molar-refractivity contribution in [2.24, 2.45) is 0 Å². The summed E-state index contributed by atoms with van der Waals surface area (Å²) in [4.78, 5) is 4.32. The highest BCUT2D eigenvalue weighted by atomic mass is 16.5. The van der Waals surface area contributed by atoms with Gasteiger partial charge in [-0.1, -0.05) is 6.07 Å². The van der Waals surface area contributed by atoms with Crippen LogP contribution in [0.2, 0.25) is 0 Å². The van der Waals surface area contributed by atoms with E-state index in [1.54, 1.807) is 0 Å². The predicted molar refractivity (Wildman–Crippen MR) is 64.4 cm³/mol. The third-order valence-corrected chi connectivity index (χ3v) is 2.72. The van der Waals surface area contributed by atoms with Gasteiger partial charge in [0.2, 0.25) is 0 Å². The number of benzene rings is 1. The lowest BCUT2D eigenvalue weighted by Crippen LogP contribution is -2.40. The van der Waals surface area contributed by atoms with E-state index in [2.05, 4.69) is 10.4 Å². The van der Waals surface area contributed by atoms with Gasteiger partial charge in [-0.3, -0.25) is 5.43 Å². The number of nitrogens with one attached hydrogen (secondary N) is 1. The number of fused-ring (bicyclic) bond motifs is 1. The number of ether oxygens (including phenoxy) is 1. The van der Waals surface area contributed by atoms with Crippen LogP contribution in [0.25, 0.3) is 11.1 Å². The molecule has 0 radical (unpaired) electrons. The number of nitrogens with two attached hydrogens (primary N) is 1. The van der Waals surface area contributed by atoms with Crippen LogP contribution in [0.5, 0.6) is 0 Å². The Balaban J connectivity index is 1.83. The molecule has 1 fully saturated rings. The van der Waals surface area contributed by atoms with Crippen LogP contribution in [-0.4, -0.2) is 36.3 Å². The number of oxazole rings is 1. The normalized spacial score (nSPS) is 17.4. The molecule has 6 nitrogen and oxygen atoms in total. The van der Waals surface area contributed by atoms with Gasteiger partial charge >= 0.3 is 6.01 Å². The van der Waals surface area contributed by atoms with Gasteiger partial charge < -0.3 is 14.9 Å². The van der Waals surface area contributed by atoms with Gasteiger partial charge in [0.25, 0.3) is 0 Å². The van der Waals surface area contributed by atoms with Gasteiger partial charge in [-0.15, -0.1) is 0 Å². The minimum Gasteiger partial charge on any atom is -0.423 e. The second-order valence-electron chi connectivity index (χ2n) is 3.92. The first kappa shape index (κ1) is 10.4.